The molecule has 0 atom stereocenters. The number of likely N-dealkylation sites (N-methyl/N-ethyl adjacent to an activating group) is 1. The van der Waals surface area contributed by atoms with Crippen LogP contribution in [-0.2, 0) is 11.3 Å². The zero-order valence-electron chi connectivity index (χ0n) is 9.57. The van der Waals surface area contributed by atoms with Crippen molar-refractivity contribution < 1.29 is 9.90 Å². The molecule has 0 amide bonds. The van der Waals surface area contributed by atoms with Crippen LogP contribution in [0, 0.1) is 0 Å². The van der Waals surface area contributed by atoms with E-state index in [-0.39, 0.29) is 0 Å². The lowest BCUT2D eigenvalue weighted by atomic mass is 10.0. The molecule has 88 valence electrons. The number of aromatic nitrogens is 1. The van der Waals surface area contributed by atoms with Crippen molar-refractivity contribution in [1.82, 2.24) is 9.88 Å². The quantitative estimate of drug-likeness (QED) is 0.878. The molecule has 0 unspecified atom stereocenters. The van der Waals surface area contributed by atoms with E-state index in [2.05, 4.69) is 4.98 Å². The molecule has 0 aliphatic carbocycles. The molecule has 0 spiro atoms. The van der Waals surface area contributed by atoms with Crippen LogP contribution in [0.1, 0.15) is 19.4 Å². The van der Waals surface area contributed by atoms with Gasteiger partial charge in [0, 0.05) is 18.9 Å². The molecule has 0 saturated heterocycles. The van der Waals surface area contributed by atoms with Crippen LogP contribution in [0.2, 0.25) is 5.02 Å². The summed E-state index contributed by atoms with van der Waals surface area (Å²) in [4.78, 5) is 16.7. The highest BCUT2D eigenvalue weighted by molar-refractivity contribution is 6.31. The first-order chi connectivity index (χ1) is 7.35. The molecule has 0 aliphatic rings. The number of nitrogens with zero attached hydrogens (tertiary/aromatic N) is 2. The number of hydrogen-bond acceptors (Lipinski definition) is 3. The fourth-order valence-corrected chi connectivity index (χ4v) is 1.33. The van der Waals surface area contributed by atoms with Gasteiger partial charge in [0.1, 0.15) is 5.54 Å². The summed E-state index contributed by atoms with van der Waals surface area (Å²) in [6.07, 6.45) is 3.20. The smallest absolute Gasteiger partial charge is 0.323 e. The van der Waals surface area contributed by atoms with E-state index in [9.17, 15) is 4.79 Å². The molecule has 0 aromatic carbocycles. The molecule has 5 heteroatoms. The SMILES string of the molecule is CN(Cc1ccncc1Cl)C(C)(C)C(=O)O. The highest BCUT2D eigenvalue weighted by Crippen LogP contribution is 2.20. The molecule has 1 aromatic heterocycles. The van der Waals surface area contributed by atoms with Crippen LogP contribution in [0.25, 0.3) is 0 Å². The molecule has 0 aliphatic heterocycles. The maximum absolute atomic E-state index is 11.1. The van der Waals surface area contributed by atoms with Crippen molar-refractivity contribution >= 4 is 17.6 Å². The Bertz CT molecular complexity index is 393. The number of rotatable bonds is 4. The van der Waals surface area contributed by atoms with E-state index in [1.54, 1.807) is 44.3 Å². The Kier molecular flexibility index (Phi) is 3.88. The molecular formula is C11H15ClN2O2. The van der Waals surface area contributed by atoms with E-state index in [0.29, 0.717) is 11.6 Å². The minimum atomic E-state index is -0.924. The van der Waals surface area contributed by atoms with Gasteiger partial charge in [-0.1, -0.05) is 11.6 Å². The van der Waals surface area contributed by atoms with Gasteiger partial charge in [0.2, 0.25) is 0 Å². The average molecular weight is 243 g/mol. The molecule has 1 N–H and O–H groups in total. The molecule has 1 aromatic rings. The molecule has 0 fully saturated rings. The van der Waals surface area contributed by atoms with Crippen LogP contribution < -0.4 is 0 Å². The largest absolute Gasteiger partial charge is 0.480 e. The lowest BCUT2D eigenvalue weighted by Gasteiger charge is -2.31. The van der Waals surface area contributed by atoms with Crippen molar-refractivity contribution in [1.29, 1.82) is 0 Å². The molecule has 1 rings (SSSR count). The molecule has 0 radical (unpaired) electrons. The van der Waals surface area contributed by atoms with Gasteiger partial charge < -0.3 is 5.11 Å². The second-order valence-electron chi connectivity index (χ2n) is 4.19. The summed E-state index contributed by atoms with van der Waals surface area (Å²) in [5, 5.41) is 9.62. The first-order valence-electron chi connectivity index (χ1n) is 4.88. The molecule has 16 heavy (non-hydrogen) atoms. The van der Waals surface area contributed by atoms with Gasteiger partial charge in [0.25, 0.3) is 0 Å². The van der Waals surface area contributed by atoms with Crippen molar-refractivity contribution in [2.75, 3.05) is 7.05 Å². The van der Waals surface area contributed by atoms with Crippen LogP contribution in [0.5, 0.6) is 0 Å². The highest BCUT2D eigenvalue weighted by atomic mass is 35.5. The lowest BCUT2D eigenvalue weighted by molar-refractivity contribution is -0.148. The third-order valence-corrected chi connectivity index (χ3v) is 3.08. The van der Waals surface area contributed by atoms with E-state index < -0.39 is 11.5 Å². The van der Waals surface area contributed by atoms with Crippen LogP contribution in [0.3, 0.4) is 0 Å². The molecule has 4 nitrogen and oxygen atoms in total. The van der Waals surface area contributed by atoms with Gasteiger partial charge in [-0.2, -0.15) is 0 Å². The van der Waals surface area contributed by atoms with Gasteiger partial charge in [-0.3, -0.25) is 14.7 Å². The Morgan fingerprint density at radius 1 is 1.62 bits per heavy atom. The predicted molar refractivity (Wildman–Crippen MR) is 62.4 cm³/mol. The van der Waals surface area contributed by atoms with Crippen LogP contribution in [-0.4, -0.2) is 33.5 Å². The molecular weight excluding hydrogens is 228 g/mol. The van der Waals surface area contributed by atoms with E-state index in [0.717, 1.165) is 5.56 Å². The van der Waals surface area contributed by atoms with Gasteiger partial charge in [0.05, 0.1) is 5.02 Å². The number of aliphatic carboxylic acids is 1. The van der Waals surface area contributed by atoms with Crippen molar-refractivity contribution in [2.45, 2.75) is 25.9 Å². The van der Waals surface area contributed by atoms with Crippen molar-refractivity contribution in [3.8, 4) is 0 Å². The van der Waals surface area contributed by atoms with Gasteiger partial charge >= 0.3 is 5.97 Å². The summed E-state index contributed by atoms with van der Waals surface area (Å²) in [6.45, 7) is 3.79. The Morgan fingerprint density at radius 3 is 2.75 bits per heavy atom. The zero-order chi connectivity index (χ0) is 12.3. The first-order valence-corrected chi connectivity index (χ1v) is 5.26. The first kappa shape index (κ1) is 12.9. The maximum Gasteiger partial charge on any atom is 0.323 e. The van der Waals surface area contributed by atoms with Gasteiger partial charge in [-0.25, -0.2) is 0 Å². The Hall–Kier alpha value is -1.13. The Morgan fingerprint density at radius 2 is 2.25 bits per heavy atom. The van der Waals surface area contributed by atoms with Gasteiger partial charge in [0.15, 0.2) is 0 Å². The van der Waals surface area contributed by atoms with Crippen molar-refractivity contribution in [3.05, 3.63) is 29.0 Å². The summed E-state index contributed by atoms with van der Waals surface area (Å²) < 4.78 is 0. The van der Waals surface area contributed by atoms with E-state index in [1.165, 1.54) is 0 Å². The number of carbonyl (C=O) groups is 1. The number of hydrogen-bond donors (Lipinski definition) is 1. The summed E-state index contributed by atoms with van der Waals surface area (Å²) in [5.41, 5.74) is -0.0550. The highest BCUT2D eigenvalue weighted by Gasteiger charge is 2.32. The zero-order valence-corrected chi connectivity index (χ0v) is 10.3. The fourth-order valence-electron chi connectivity index (χ4n) is 1.15. The van der Waals surface area contributed by atoms with Gasteiger partial charge in [-0.15, -0.1) is 0 Å². The Labute approximate surface area is 99.9 Å². The summed E-state index contributed by atoms with van der Waals surface area (Å²) in [5.74, 6) is -0.861. The monoisotopic (exact) mass is 242 g/mol. The maximum atomic E-state index is 11.1. The number of carboxylic acids is 1. The standard InChI is InChI=1S/C11H15ClN2O2/c1-11(2,10(15)16)14(3)7-8-4-5-13-6-9(8)12/h4-6H,7H2,1-3H3,(H,15,16). The average Bonchev–Trinajstić information content (AvgIpc) is 2.21. The fraction of sp³-hybridized carbons (Fsp3) is 0.455. The normalized spacial score (nSPS) is 11.8. The van der Waals surface area contributed by atoms with Crippen LogP contribution in [0.4, 0.5) is 0 Å². The molecule has 0 saturated carbocycles. The summed E-state index contributed by atoms with van der Waals surface area (Å²) in [7, 11) is 1.75. The minimum absolute atomic E-state index is 0.473. The van der Waals surface area contributed by atoms with Crippen molar-refractivity contribution in [2.24, 2.45) is 0 Å². The third-order valence-electron chi connectivity index (χ3n) is 2.74. The minimum Gasteiger partial charge on any atom is -0.480 e. The van der Waals surface area contributed by atoms with E-state index in [4.69, 9.17) is 16.7 Å². The topological polar surface area (TPSA) is 53.4 Å². The summed E-state index contributed by atoms with van der Waals surface area (Å²) >= 11 is 5.96. The second kappa shape index (κ2) is 4.80. The second-order valence-corrected chi connectivity index (χ2v) is 4.59. The van der Waals surface area contributed by atoms with E-state index >= 15 is 0 Å². The lowest BCUT2D eigenvalue weighted by Crippen LogP contribution is -2.47. The van der Waals surface area contributed by atoms with E-state index in [1.807, 2.05) is 0 Å². The summed E-state index contributed by atoms with van der Waals surface area (Å²) in [6, 6.07) is 1.79. The van der Waals surface area contributed by atoms with Gasteiger partial charge in [-0.05, 0) is 32.5 Å². The molecule has 0 bridgehead atoms. The molecule has 1 heterocycles. The number of pyridine rings is 1. The number of halogens is 1. The number of carboxylic acid groups (broad SMARTS) is 1. The van der Waals surface area contributed by atoms with Crippen LogP contribution in [0.15, 0.2) is 18.5 Å². The van der Waals surface area contributed by atoms with Crippen LogP contribution >= 0.6 is 11.6 Å². The Balaban J connectivity index is 2.83. The van der Waals surface area contributed by atoms with Crippen molar-refractivity contribution in [3.63, 3.8) is 0 Å². The predicted octanol–water partition coefficient (Wildman–Crippen LogP) is 2.03. The third kappa shape index (κ3) is 2.71.